The van der Waals surface area contributed by atoms with Gasteiger partial charge in [-0.2, -0.15) is 0 Å². The Labute approximate surface area is 119 Å². The van der Waals surface area contributed by atoms with Gasteiger partial charge in [0.2, 0.25) is 0 Å². The van der Waals surface area contributed by atoms with Gasteiger partial charge in [-0.05, 0) is 48.5 Å². The summed E-state index contributed by atoms with van der Waals surface area (Å²) in [5.74, 6) is 0.294. The van der Waals surface area contributed by atoms with Crippen LogP contribution in [0.4, 0.5) is 0 Å². The predicted octanol–water partition coefficient (Wildman–Crippen LogP) is 1.51. The van der Waals surface area contributed by atoms with Gasteiger partial charge in [0.25, 0.3) is 0 Å². The number of carbonyl (C=O) groups excluding carboxylic acids is 1. The minimum absolute atomic E-state index is 0.0403. The fraction of sp³-hybridized carbons (Fsp3) is 0.812. The molecule has 1 spiro atoms. The van der Waals surface area contributed by atoms with Crippen molar-refractivity contribution in [1.29, 1.82) is 0 Å². The van der Waals surface area contributed by atoms with Gasteiger partial charge in [0.1, 0.15) is 0 Å². The van der Waals surface area contributed by atoms with Crippen LogP contribution in [0.3, 0.4) is 0 Å². The number of ether oxygens (including phenoxy) is 1. The van der Waals surface area contributed by atoms with Crippen LogP contribution in [0.15, 0.2) is 11.6 Å². The minimum atomic E-state index is -0.653. The molecule has 2 saturated carbocycles. The highest BCUT2D eigenvalue weighted by atomic mass is 16.5. The fourth-order valence-corrected chi connectivity index (χ4v) is 5.53. The number of methoxy groups -OCH3 is 1. The summed E-state index contributed by atoms with van der Waals surface area (Å²) < 4.78 is 4.89. The minimum Gasteiger partial charge on any atom is -0.466 e. The zero-order chi connectivity index (χ0) is 14.7. The van der Waals surface area contributed by atoms with E-state index in [1.54, 1.807) is 6.08 Å². The molecule has 2 N–H and O–H groups in total. The maximum absolute atomic E-state index is 12.0. The number of aliphatic hydroxyl groups is 2. The van der Waals surface area contributed by atoms with Gasteiger partial charge in [0, 0.05) is 17.6 Å². The zero-order valence-corrected chi connectivity index (χ0v) is 12.4. The molecule has 4 nitrogen and oxygen atoms in total. The highest BCUT2D eigenvalue weighted by Gasteiger charge is 2.68. The average molecular weight is 280 g/mol. The summed E-state index contributed by atoms with van der Waals surface area (Å²) in [6.45, 7) is 4.51. The molecule has 3 aliphatic carbocycles. The molecule has 0 aliphatic heterocycles. The second kappa shape index (κ2) is 4.31. The number of hydrogen-bond acceptors (Lipinski definition) is 4. The lowest BCUT2D eigenvalue weighted by molar-refractivity contribution is -0.137. The van der Waals surface area contributed by atoms with E-state index >= 15 is 0 Å². The van der Waals surface area contributed by atoms with Crippen LogP contribution in [0.25, 0.3) is 0 Å². The first kappa shape index (κ1) is 14.1. The van der Waals surface area contributed by atoms with E-state index in [1.165, 1.54) is 7.11 Å². The molecule has 5 atom stereocenters. The molecular formula is C16H24O4. The second-order valence-corrected chi connectivity index (χ2v) is 7.26. The summed E-state index contributed by atoms with van der Waals surface area (Å²) in [6, 6.07) is 0. The van der Waals surface area contributed by atoms with E-state index in [9.17, 15) is 15.0 Å². The summed E-state index contributed by atoms with van der Waals surface area (Å²) in [7, 11) is 1.39. The fourth-order valence-electron chi connectivity index (χ4n) is 5.53. The number of carbonyl (C=O) groups is 1. The van der Waals surface area contributed by atoms with Crippen LogP contribution < -0.4 is 0 Å². The van der Waals surface area contributed by atoms with E-state index in [2.05, 4.69) is 13.8 Å². The second-order valence-electron chi connectivity index (χ2n) is 7.26. The van der Waals surface area contributed by atoms with Crippen LogP contribution in [-0.4, -0.2) is 36.0 Å². The SMILES string of the molecule is COC(=O)C1=C[C@H](O)[C@@]23C[C@@H]1C(C)(C)[C@@H]2CC[C@@H]3CO. The molecule has 4 heteroatoms. The van der Waals surface area contributed by atoms with Crippen molar-refractivity contribution < 1.29 is 19.7 Å². The largest absolute Gasteiger partial charge is 0.466 e. The molecule has 0 unspecified atom stereocenters. The van der Waals surface area contributed by atoms with Crippen molar-refractivity contribution in [2.24, 2.45) is 28.6 Å². The number of aliphatic hydroxyl groups excluding tert-OH is 2. The first-order valence-electron chi connectivity index (χ1n) is 7.48. The summed E-state index contributed by atoms with van der Waals surface area (Å²) in [5.41, 5.74) is 0.337. The van der Waals surface area contributed by atoms with Gasteiger partial charge < -0.3 is 14.9 Å². The third kappa shape index (κ3) is 1.47. The molecule has 0 aromatic rings. The maximum Gasteiger partial charge on any atom is 0.333 e. The topological polar surface area (TPSA) is 66.8 Å². The van der Waals surface area contributed by atoms with Gasteiger partial charge in [-0.15, -0.1) is 0 Å². The first-order chi connectivity index (χ1) is 9.39. The number of fused-ring (bicyclic) bond motifs is 1. The zero-order valence-electron chi connectivity index (χ0n) is 12.4. The molecule has 0 heterocycles. The van der Waals surface area contributed by atoms with Crippen LogP contribution in [0.2, 0.25) is 0 Å². The molecule has 3 aliphatic rings. The lowest BCUT2D eigenvalue weighted by Gasteiger charge is -2.41. The molecule has 20 heavy (non-hydrogen) atoms. The Morgan fingerprint density at radius 2 is 2.15 bits per heavy atom. The van der Waals surface area contributed by atoms with Crippen LogP contribution in [0, 0.1) is 28.6 Å². The Bertz CT molecular complexity index is 467. The van der Waals surface area contributed by atoms with Crippen LogP contribution in [0.5, 0.6) is 0 Å². The van der Waals surface area contributed by atoms with E-state index in [-0.39, 0.29) is 35.2 Å². The first-order valence-corrected chi connectivity index (χ1v) is 7.48. The molecule has 0 radical (unpaired) electrons. The Morgan fingerprint density at radius 1 is 1.45 bits per heavy atom. The van der Waals surface area contributed by atoms with E-state index in [0.29, 0.717) is 11.5 Å². The summed E-state index contributed by atoms with van der Waals surface area (Å²) in [5, 5.41) is 20.4. The van der Waals surface area contributed by atoms with Crippen molar-refractivity contribution in [3.05, 3.63) is 11.6 Å². The van der Waals surface area contributed by atoms with Crippen molar-refractivity contribution in [1.82, 2.24) is 0 Å². The van der Waals surface area contributed by atoms with E-state index in [0.717, 1.165) is 19.3 Å². The summed E-state index contributed by atoms with van der Waals surface area (Å²) >= 11 is 0. The third-order valence-corrected chi connectivity index (χ3v) is 6.47. The number of hydrogen-bond donors (Lipinski definition) is 2. The van der Waals surface area contributed by atoms with Crippen molar-refractivity contribution >= 4 is 5.97 Å². The number of esters is 1. The maximum atomic E-state index is 12.0. The van der Waals surface area contributed by atoms with E-state index < -0.39 is 6.10 Å². The van der Waals surface area contributed by atoms with Crippen LogP contribution in [-0.2, 0) is 9.53 Å². The highest BCUT2D eigenvalue weighted by Crippen LogP contribution is 2.71. The Morgan fingerprint density at radius 3 is 2.75 bits per heavy atom. The lowest BCUT2D eigenvalue weighted by atomic mass is 9.66. The smallest absolute Gasteiger partial charge is 0.333 e. The van der Waals surface area contributed by atoms with Gasteiger partial charge in [0.05, 0.1) is 13.2 Å². The molecule has 0 aromatic heterocycles. The third-order valence-electron chi connectivity index (χ3n) is 6.47. The summed E-state index contributed by atoms with van der Waals surface area (Å²) in [6.07, 6.45) is 3.83. The quantitative estimate of drug-likeness (QED) is 0.753. The summed E-state index contributed by atoms with van der Waals surface area (Å²) in [4.78, 5) is 12.0. The number of rotatable bonds is 2. The van der Waals surface area contributed by atoms with E-state index in [1.807, 2.05) is 0 Å². The van der Waals surface area contributed by atoms with Gasteiger partial charge in [-0.3, -0.25) is 0 Å². The molecular weight excluding hydrogens is 256 g/mol. The van der Waals surface area contributed by atoms with Crippen molar-refractivity contribution in [2.45, 2.75) is 39.2 Å². The molecule has 3 rings (SSSR count). The van der Waals surface area contributed by atoms with Gasteiger partial charge >= 0.3 is 5.97 Å². The molecule has 2 fully saturated rings. The highest BCUT2D eigenvalue weighted by molar-refractivity contribution is 5.89. The lowest BCUT2D eigenvalue weighted by Crippen LogP contribution is -2.43. The molecule has 2 bridgehead atoms. The van der Waals surface area contributed by atoms with E-state index in [4.69, 9.17) is 4.74 Å². The Hall–Kier alpha value is -0.870. The van der Waals surface area contributed by atoms with Gasteiger partial charge in [-0.25, -0.2) is 4.79 Å². The van der Waals surface area contributed by atoms with Crippen LogP contribution in [0.1, 0.15) is 33.1 Å². The predicted molar refractivity (Wildman–Crippen MR) is 73.7 cm³/mol. The van der Waals surface area contributed by atoms with Gasteiger partial charge in [-0.1, -0.05) is 13.8 Å². The van der Waals surface area contributed by atoms with Crippen molar-refractivity contribution in [3.8, 4) is 0 Å². The molecule has 0 saturated heterocycles. The Balaban J connectivity index is 2.10. The van der Waals surface area contributed by atoms with Crippen LogP contribution >= 0.6 is 0 Å². The average Bonchev–Trinajstić information content (AvgIpc) is 2.88. The molecule has 112 valence electrons. The molecule has 0 aromatic carbocycles. The van der Waals surface area contributed by atoms with Gasteiger partial charge in [0.15, 0.2) is 0 Å². The standard InChI is InChI=1S/C16H24O4/c1-15(2)11-7-16(9(8-17)4-5-12(15)16)13(18)6-10(11)14(19)20-3/h6,9,11-13,17-18H,4-5,7-8H2,1-3H3/t9-,11+,12+,13+,16-/m1/s1. The van der Waals surface area contributed by atoms with Crippen molar-refractivity contribution in [3.63, 3.8) is 0 Å². The van der Waals surface area contributed by atoms with Crippen molar-refractivity contribution in [2.75, 3.05) is 13.7 Å². The monoisotopic (exact) mass is 280 g/mol. The molecule has 0 amide bonds. The Kier molecular flexibility index (Phi) is 3.04. The normalized spacial score (nSPS) is 45.0.